The van der Waals surface area contributed by atoms with E-state index in [2.05, 4.69) is 5.32 Å². The molecule has 21 heavy (non-hydrogen) atoms. The Balaban J connectivity index is 2.28. The van der Waals surface area contributed by atoms with Crippen molar-refractivity contribution in [2.75, 3.05) is 5.32 Å². The number of benzene rings is 2. The van der Waals surface area contributed by atoms with Crippen LogP contribution in [0.25, 0.3) is 0 Å². The van der Waals surface area contributed by atoms with Crippen molar-refractivity contribution < 1.29 is 27.5 Å². The second-order valence-electron chi connectivity index (χ2n) is 4.20. The summed E-state index contributed by atoms with van der Waals surface area (Å²) in [6.07, 6.45) is -4.57. The largest absolute Gasteiger partial charge is 0.478 e. The zero-order chi connectivity index (χ0) is 15.6. The van der Waals surface area contributed by atoms with Crippen molar-refractivity contribution in [1.29, 1.82) is 0 Å². The summed E-state index contributed by atoms with van der Waals surface area (Å²) < 4.78 is 51.2. The number of carboxylic acids is 1. The van der Waals surface area contributed by atoms with Crippen LogP contribution in [-0.2, 0) is 6.18 Å². The Morgan fingerprint density at radius 2 is 1.67 bits per heavy atom. The fourth-order valence-corrected chi connectivity index (χ4v) is 1.65. The molecule has 0 aliphatic heterocycles. The van der Waals surface area contributed by atoms with Gasteiger partial charge in [-0.25, -0.2) is 9.18 Å². The third-order valence-electron chi connectivity index (χ3n) is 2.70. The molecule has 0 amide bonds. The van der Waals surface area contributed by atoms with Crippen molar-refractivity contribution in [3.63, 3.8) is 0 Å². The van der Waals surface area contributed by atoms with Crippen LogP contribution in [0.2, 0.25) is 0 Å². The lowest BCUT2D eigenvalue weighted by Crippen LogP contribution is -2.06. The Labute approximate surface area is 116 Å². The molecule has 0 fully saturated rings. The maximum atomic E-state index is 13.5. The van der Waals surface area contributed by atoms with E-state index in [-0.39, 0.29) is 16.9 Å². The Hall–Kier alpha value is -2.57. The molecule has 7 heteroatoms. The lowest BCUT2D eigenvalue weighted by molar-refractivity contribution is -0.137. The molecule has 0 bridgehead atoms. The molecule has 110 valence electrons. The zero-order valence-corrected chi connectivity index (χ0v) is 10.4. The summed E-state index contributed by atoms with van der Waals surface area (Å²) in [7, 11) is 0. The first-order valence-corrected chi connectivity index (χ1v) is 5.74. The molecule has 0 saturated heterocycles. The highest BCUT2D eigenvalue weighted by atomic mass is 19.4. The van der Waals surface area contributed by atoms with Crippen LogP contribution >= 0.6 is 0 Å². The summed E-state index contributed by atoms with van der Waals surface area (Å²) in [5, 5.41) is 11.2. The van der Waals surface area contributed by atoms with Gasteiger partial charge in [-0.05, 0) is 42.5 Å². The molecule has 0 aromatic heterocycles. The summed E-state index contributed by atoms with van der Waals surface area (Å²) in [6.45, 7) is 0. The molecule has 0 radical (unpaired) electrons. The van der Waals surface area contributed by atoms with Crippen molar-refractivity contribution in [3.05, 3.63) is 59.4 Å². The number of halogens is 4. The van der Waals surface area contributed by atoms with Gasteiger partial charge in [-0.15, -0.1) is 0 Å². The van der Waals surface area contributed by atoms with E-state index in [0.29, 0.717) is 12.1 Å². The molecule has 0 atom stereocenters. The van der Waals surface area contributed by atoms with Gasteiger partial charge in [-0.1, -0.05) is 0 Å². The van der Waals surface area contributed by atoms with Crippen molar-refractivity contribution in [3.8, 4) is 0 Å². The molecule has 0 unspecified atom stereocenters. The highest BCUT2D eigenvalue weighted by Gasteiger charge is 2.31. The van der Waals surface area contributed by atoms with E-state index >= 15 is 0 Å². The first kappa shape index (κ1) is 14.8. The summed E-state index contributed by atoms with van der Waals surface area (Å²) >= 11 is 0. The number of hydrogen-bond donors (Lipinski definition) is 2. The molecule has 0 aliphatic rings. The number of rotatable bonds is 3. The number of aromatic carboxylic acids is 1. The first-order valence-electron chi connectivity index (χ1n) is 5.74. The third-order valence-corrected chi connectivity index (χ3v) is 2.70. The standard InChI is InChI=1S/C14H9F4NO2/c15-11-6-3-9(14(16,17)18)7-12(11)19-10-4-1-8(2-5-10)13(20)21/h1-7,19H,(H,20,21). The fourth-order valence-electron chi connectivity index (χ4n) is 1.65. The molecule has 0 aliphatic carbocycles. The maximum Gasteiger partial charge on any atom is 0.416 e. The summed E-state index contributed by atoms with van der Waals surface area (Å²) in [5.41, 5.74) is -1.02. The number of anilines is 2. The van der Waals surface area contributed by atoms with Crippen LogP contribution in [0.5, 0.6) is 0 Å². The SMILES string of the molecule is O=C(O)c1ccc(Nc2cc(C(F)(F)F)ccc2F)cc1. The molecule has 0 saturated carbocycles. The van der Waals surface area contributed by atoms with E-state index < -0.39 is 23.5 Å². The number of carboxylic acid groups (broad SMARTS) is 1. The summed E-state index contributed by atoms with van der Waals surface area (Å²) in [5.74, 6) is -1.97. The number of carbonyl (C=O) groups is 1. The molecule has 2 rings (SSSR count). The monoisotopic (exact) mass is 299 g/mol. The third kappa shape index (κ3) is 3.50. The van der Waals surface area contributed by atoms with Crippen LogP contribution in [0.4, 0.5) is 28.9 Å². The second-order valence-corrected chi connectivity index (χ2v) is 4.20. The lowest BCUT2D eigenvalue weighted by atomic mass is 10.1. The van der Waals surface area contributed by atoms with Gasteiger partial charge in [0.05, 0.1) is 16.8 Å². The Bertz CT molecular complexity index is 666. The average molecular weight is 299 g/mol. The van der Waals surface area contributed by atoms with E-state index in [0.717, 1.165) is 6.07 Å². The van der Waals surface area contributed by atoms with Crippen LogP contribution in [0.15, 0.2) is 42.5 Å². The smallest absolute Gasteiger partial charge is 0.416 e. The van der Waals surface area contributed by atoms with E-state index in [9.17, 15) is 22.4 Å². The fraction of sp³-hybridized carbons (Fsp3) is 0.0714. The molecular weight excluding hydrogens is 290 g/mol. The summed E-state index contributed by atoms with van der Waals surface area (Å²) in [6, 6.07) is 7.21. The van der Waals surface area contributed by atoms with Crippen molar-refractivity contribution in [1.82, 2.24) is 0 Å². The molecule has 2 aromatic carbocycles. The summed E-state index contributed by atoms with van der Waals surface area (Å²) in [4.78, 5) is 10.7. The average Bonchev–Trinajstić information content (AvgIpc) is 2.40. The minimum absolute atomic E-state index is 0.0186. The molecule has 0 spiro atoms. The van der Waals surface area contributed by atoms with Crippen LogP contribution in [-0.4, -0.2) is 11.1 Å². The predicted octanol–water partition coefficient (Wildman–Crippen LogP) is 4.29. The Morgan fingerprint density at radius 1 is 1.05 bits per heavy atom. The normalized spacial score (nSPS) is 11.2. The van der Waals surface area contributed by atoms with Gasteiger partial charge in [0.2, 0.25) is 0 Å². The lowest BCUT2D eigenvalue weighted by Gasteiger charge is -2.12. The van der Waals surface area contributed by atoms with Crippen molar-refractivity contribution >= 4 is 17.3 Å². The molecule has 0 heterocycles. The molecular formula is C14H9F4NO2. The van der Waals surface area contributed by atoms with Crippen LogP contribution in [0, 0.1) is 5.82 Å². The highest BCUT2D eigenvalue weighted by Crippen LogP contribution is 2.32. The van der Waals surface area contributed by atoms with Crippen molar-refractivity contribution in [2.24, 2.45) is 0 Å². The predicted molar refractivity (Wildman–Crippen MR) is 68.1 cm³/mol. The van der Waals surface area contributed by atoms with Gasteiger partial charge in [0.1, 0.15) is 5.82 Å². The zero-order valence-electron chi connectivity index (χ0n) is 10.4. The number of alkyl halides is 3. The quantitative estimate of drug-likeness (QED) is 0.831. The topological polar surface area (TPSA) is 49.3 Å². The number of hydrogen-bond acceptors (Lipinski definition) is 2. The van der Waals surface area contributed by atoms with Gasteiger partial charge in [-0.3, -0.25) is 0 Å². The molecule has 2 aromatic rings. The van der Waals surface area contributed by atoms with E-state index in [1.165, 1.54) is 24.3 Å². The second kappa shape index (κ2) is 5.43. The van der Waals surface area contributed by atoms with E-state index in [1.54, 1.807) is 0 Å². The first-order chi connectivity index (χ1) is 9.77. The van der Waals surface area contributed by atoms with Crippen molar-refractivity contribution in [2.45, 2.75) is 6.18 Å². The minimum atomic E-state index is -4.57. The van der Waals surface area contributed by atoms with Crippen LogP contribution in [0.1, 0.15) is 15.9 Å². The van der Waals surface area contributed by atoms with Gasteiger partial charge < -0.3 is 10.4 Å². The van der Waals surface area contributed by atoms with Crippen LogP contribution < -0.4 is 5.32 Å². The van der Waals surface area contributed by atoms with E-state index in [4.69, 9.17) is 5.11 Å². The van der Waals surface area contributed by atoms with Crippen LogP contribution in [0.3, 0.4) is 0 Å². The highest BCUT2D eigenvalue weighted by molar-refractivity contribution is 5.88. The molecule has 3 nitrogen and oxygen atoms in total. The van der Waals surface area contributed by atoms with Gasteiger partial charge in [0, 0.05) is 5.69 Å². The van der Waals surface area contributed by atoms with E-state index in [1.807, 2.05) is 0 Å². The van der Waals surface area contributed by atoms with Gasteiger partial charge in [0.25, 0.3) is 0 Å². The Kier molecular flexibility index (Phi) is 3.84. The number of nitrogens with one attached hydrogen (secondary N) is 1. The van der Waals surface area contributed by atoms with Gasteiger partial charge in [0.15, 0.2) is 0 Å². The minimum Gasteiger partial charge on any atom is -0.478 e. The Morgan fingerprint density at radius 3 is 2.19 bits per heavy atom. The maximum absolute atomic E-state index is 13.5. The molecule has 2 N–H and O–H groups in total. The van der Waals surface area contributed by atoms with Gasteiger partial charge in [-0.2, -0.15) is 13.2 Å². The van der Waals surface area contributed by atoms with Gasteiger partial charge >= 0.3 is 12.1 Å².